The Balaban J connectivity index is 0.000000295. The van der Waals surface area contributed by atoms with E-state index in [0.717, 1.165) is 71.9 Å². The number of aromatic nitrogens is 3. The number of nitrogens with zero attached hydrogens (tertiary/aromatic N) is 4. The summed E-state index contributed by atoms with van der Waals surface area (Å²) < 4.78 is 9.30. The minimum absolute atomic E-state index is 0. The average Bonchev–Trinajstić information content (AvgIpc) is 3.78. The van der Waals surface area contributed by atoms with Crippen LogP contribution in [0.5, 0.6) is 0 Å². The molecule has 9 rings (SSSR count). The van der Waals surface area contributed by atoms with Gasteiger partial charge in [-0.05, 0) is 74.0 Å². The summed E-state index contributed by atoms with van der Waals surface area (Å²) in [5.41, 5.74) is 13.3. The Labute approximate surface area is 386 Å². The fourth-order valence-electron chi connectivity index (χ4n) is 8.22. The van der Waals surface area contributed by atoms with Gasteiger partial charge in [0, 0.05) is 48.7 Å². The fraction of sp³-hybridized carbons (Fsp3) is 0.281. The summed E-state index contributed by atoms with van der Waals surface area (Å²) in [4.78, 5) is 9.15. The predicted molar refractivity (Wildman–Crippen MR) is 258 cm³/mol. The molecule has 1 radical (unpaired) electrons. The minimum atomic E-state index is -0.168. The first-order valence-electron chi connectivity index (χ1n) is 21.5. The van der Waals surface area contributed by atoms with E-state index < -0.39 is 0 Å². The predicted octanol–water partition coefficient (Wildman–Crippen LogP) is 15.2. The number of pyridine rings is 2. The van der Waals surface area contributed by atoms with Gasteiger partial charge in [0.1, 0.15) is 17.3 Å². The molecular formula is C57H56IrN4O-2. The third-order valence-electron chi connectivity index (χ3n) is 11.9. The average molecular weight is 1010 g/mol. The number of rotatable bonds is 3. The second-order valence-electron chi connectivity index (χ2n) is 20.6. The topological polar surface area (TPSA) is 67.6 Å². The van der Waals surface area contributed by atoms with Gasteiger partial charge in [-0.15, -0.1) is 53.6 Å². The van der Waals surface area contributed by atoms with Gasteiger partial charge in [-0.1, -0.05) is 149 Å². The van der Waals surface area contributed by atoms with Crippen LogP contribution in [0.1, 0.15) is 111 Å². The van der Waals surface area contributed by atoms with E-state index in [2.05, 4.69) is 176 Å². The Morgan fingerprint density at radius 1 is 0.587 bits per heavy atom. The van der Waals surface area contributed by atoms with Crippen molar-refractivity contribution in [1.29, 1.82) is 5.26 Å². The molecule has 0 unspecified atom stereocenters. The van der Waals surface area contributed by atoms with E-state index in [0.29, 0.717) is 11.1 Å². The standard InChI is InChI=1S/C42H40N3O.C15H16N.Ir/c1-40(2,3)26-14-17-28-29-18-15-27(41(4,5)6)23-35(29)45(34(28)22-26)37-25(24-43)13-16-31-36-32(42(7,8)9)20-19-30(38(36)46-39(31)37)33-12-10-11-21-44-33;1-15(2,3)13-9-10-14(16-11-13)12-7-5-4-6-8-12;/h10-18,20-23H,1-9H3;4-7,9-11H,1-3H3;/q2*-1;. The molecule has 0 amide bonds. The summed E-state index contributed by atoms with van der Waals surface area (Å²) in [6, 6.07) is 46.9. The third-order valence-corrected chi connectivity index (χ3v) is 11.9. The van der Waals surface area contributed by atoms with E-state index in [4.69, 9.17) is 4.42 Å². The molecule has 0 aliphatic heterocycles. The van der Waals surface area contributed by atoms with Crippen LogP contribution in [0, 0.1) is 23.5 Å². The van der Waals surface area contributed by atoms with Crippen molar-refractivity contribution in [1.82, 2.24) is 14.5 Å². The molecule has 4 heterocycles. The van der Waals surface area contributed by atoms with Crippen molar-refractivity contribution in [2.45, 2.75) is 105 Å². The smallest absolute Gasteiger partial charge is 0.146 e. The van der Waals surface area contributed by atoms with Gasteiger partial charge in [-0.25, -0.2) is 0 Å². The Morgan fingerprint density at radius 3 is 1.70 bits per heavy atom. The summed E-state index contributed by atoms with van der Waals surface area (Å²) in [7, 11) is 0. The molecule has 0 fully saturated rings. The van der Waals surface area contributed by atoms with E-state index in [1.165, 1.54) is 16.7 Å². The van der Waals surface area contributed by atoms with E-state index in [-0.39, 0.29) is 41.8 Å². The summed E-state index contributed by atoms with van der Waals surface area (Å²) in [6.45, 7) is 26.7. The van der Waals surface area contributed by atoms with Crippen molar-refractivity contribution in [3.63, 3.8) is 0 Å². The van der Waals surface area contributed by atoms with Crippen LogP contribution in [0.15, 0.2) is 126 Å². The second-order valence-corrected chi connectivity index (χ2v) is 20.6. The first kappa shape index (κ1) is 45.2. The molecule has 4 aromatic heterocycles. The van der Waals surface area contributed by atoms with Gasteiger partial charge < -0.3 is 19.0 Å². The Kier molecular flexibility index (Phi) is 12.0. The summed E-state index contributed by atoms with van der Waals surface area (Å²) >= 11 is 0. The van der Waals surface area contributed by atoms with Gasteiger partial charge in [0.15, 0.2) is 0 Å². The van der Waals surface area contributed by atoms with Crippen molar-refractivity contribution in [2.75, 3.05) is 0 Å². The number of benzene rings is 5. The molecule has 5 nitrogen and oxygen atoms in total. The van der Waals surface area contributed by atoms with Gasteiger partial charge >= 0.3 is 0 Å². The zero-order valence-electron chi connectivity index (χ0n) is 38.6. The van der Waals surface area contributed by atoms with Gasteiger partial charge in [0.25, 0.3) is 0 Å². The largest absolute Gasteiger partial charge is 0.498 e. The zero-order chi connectivity index (χ0) is 44.4. The molecular weight excluding hydrogens is 949 g/mol. The first-order valence-corrected chi connectivity index (χ1v) is 21.5. The summed E-state index contributed by atoms with van der Waals surface area (Å²) in [5.74, 6) is 0. The third kappa shape index (κ3) is 8.62. The van der Waals surface area contributed by atoms with Crippen LogP contribution < -0.4 is 0 Å². The molecule has 0 N–H and O–H groups in total. The fourth-order valence-corrected chi connectivity index (χ4v) is 8.22. The Morgan fingerprint density at radius 2 is 1.19 bits per heavy atom. The molecule has 6 heteroatoms. The van der Waals surface area contributed by atoms with Gasteiger partial charge in [-0.2, -0.15) is 5.26 Å². The van der Waals surface area contributed by atoms with Gasteiger partial charge in [0.2, 0.25) is 0 Å². The minimum Gasteiger partial charge on any atom is -0.498 e. The maximum Gasteiger partial charge on any atom is 0.146 e. The monoisotopic (exact) mass is 1010 g/mol. The quantitative estimate of drug-likeness (QED) is 0.165. The van der Waals surface area contributed by atoms with Gasteiger partial charge in [-0.3, -0.25) is 0 Å². The number of nitriles is 1. The molecule has 0 aliphatic rings. The maximum absolute atomic E-state index is 10.7. The van der Waals surface area contributed by atoms with Crippen LogP contribution in [-0.4, -0.2) is 14.5 Å². The van der Waals surface area contributed by atoms with Crippen LogP contribution in [0.4, 0.5) is 0 Å². The van der Waals surface area contributed by atoms with Crippen molar-refractivity contribution < 1.29 is 24.5 Å². The number of hydrogen-bond donors (Lipinski definition) is 0. The molecule has 0 saturated heterocycles. The van der Waals surface area contributed by atoms with Crippen LogP contribution in [0.3, 0.4) is 0 Å². The normalized spacial score (nSPS) is 12.3. The second kappa shape index (κ2) is 16.7. The molecule has 0 bridgehead atoms. The van der Waals surface area contributed by atoms with E-state index in [9.17, 15) is 5.26 Å². The molecule has 9 aromatic rings. The number of furan rings is 1. The Bertz CT molecular complexity index is 3070. The summed E-state index contributed by atoms with van der Waals surface area (Å²) in [6.07, 6.45) is 3.75. The van der Waals surface area contributed by atoms with E-state index in [1.807, 2.05) is 54.7 Å². The van der Waals surface area contributed by atoms with E-state index in [1.54, 1.807) is 6.20 Å². The molecule has 321 valence electrons. The Hall–Kier alpha value is -5.86. The first-order chi connectivity index (χ1) is 29.3. The van der Waals surface area contributed by atoms with Crippen LogP contribution in [-0.2, 0) is 41.8 Å². The zero-order valence-corrected chi connectivity index (χ0v) is 41.0. The molecule has 0 spiro atoms. The van der Waals surface area contributed by atoms with Crippen molar-refractivity contribution in [3.05, 3.63) is 162 Å². The van der Waals surface area contributed by atoms with Crippen LogP contribution in [0.2, 0.25) is 0 Å². The van der Waals surface area contributed by atoms with Crippen molar-refractivity contribution in [3.8, 4) is 34.3 Å². The number of fused-ring (bicyclic) bond motifs is 6. The molecule has 0 saturated carbocycles. The van der Waals surface area contributed by atoms with Crippen molar-refractivity contribution in [2.24, 2.45) is 0 Å². The molecule has 5 aromatic carbocycles. The summed E-state index contributed by atoms with van der Waals surface area (Å²) in [5, 5.41) is 15.0. The molecule has 0 aliphatic carbocycles. The van der Waals surface area contributed by atoms with Crippen LogP contribution >= 0.6 is 0 Å². The number of hydrogen-bond acceptors (Lipinski definition) is 4. The van der Waals surface area contributed by atoms with E-state index >= 15 is 0 Å². The molecule has 63 heavy (non-hydrogen) atoms. The maximum atomic E-state index is 10.7. The van der Waals surface area contributed by atoms with Crippen LogP contribution in [0.25, 0.3) is 71.9 Å². The molecule has 0 atom stereocenters. The van der Waals surface area contributed by atoms with Gasteiger partial charge in [0.05, 0.1) is 22.2 Å². The van der Waals surface area contributed by atoms with Crippen molar-refractivity contribution >= 4 is 43.7 Å². The SMILES string of the molecule is CC(C)(C)c1ccc(-c2[c-]cccc2)nc1.CC(C)(C)c1ccc2c3ccc(C(C)(C)C)cc3n(-c3c(C#N)ccc4c3oc3c(-c5ccccn5)[c-]cc(C(C)(C)C)c34)c2c1.[Ir].